The molecule has 0 aliphatic heterocycles. The predicted octanol–water partition coefficient (Wildman–Crippen LogP) is 4.20. The van der Waals surface area contributed by atoms with Gasteiger partial charge >= 0.3 is 5.97 Å². The zero-order chi connectivity index (χ0) is 18.9. The van der Waals surface area contributed by atoms with Crippen molar-refractivity contribution in [3.05, 3.63) is 52.8 Å². The van der Waals surface area contributed by atoms with Crippen LogP contribution in [0.15, 0.2) is 30.6 Å². The van der Waals surface area contributed by atoms with Gasteiger partial charge in [0.2, 0.25) is 0 Å². The van der Waals surface area contributed by atoms with E-state index in [2.05, 4.69) is 33.6 Å². The van der Waals surface area contributed by atoms with Crippen molar-refractivity contribution in [2.45, 2.75) is 33.8 Å². The lowest BCUT2D eigenvalue weighted by atomic mass is 10.1. The van der Waals surface area contributed by atoms with Gasteiger partial charge in [-0.05, 0) is 62.1 Å². The van der Waals surface area contributed by atoms with Crippen LogP contribution in [0.1, 0.15) is 29.2 Å². The summed E-state index contributed by atoms with van der Waals surface area (Å²) in [6.45, 7) is 6.36. The number of hydrogen-bond donors (Lipinski definition) is 0. The van der Waals surface area contributed by atoms with Crippen molar-refractivity contribution >= 4 is 28.6 Å². The van der Waals surface area contributed by atoms with Crippen molar-refractivity contribution in [2.24, 2.45) is 0 Å². The topological polar surface area (TPSA) is 57.7 Å². The lowest BCUT2D eigenvalue weighted by Crippen LogP contribution is -2.15. The largest absolute Gasteiger partial charge is 0.489 e. The Labute approximate surface area is 168 Å². The first-order valence-corrected chi connectivity index (χ1v) is 10.1. The van der Waals surface area contributed by atoms with Crippen molar-refractivity contribution in [3.8, 4) is 11.5 Å². The number of rotatable bonds is 9. The van der Waals surface area contributed by atoms with E-state index in [9.17, 15) is 4.79 Å². The summed E-state index contributed by atoms with van der Waals surface area (Å²) >= 11 is 2.36. The number of aryl methyl sites for hydroxylation is 3. The molecule has 0 saturated carbocycles. The fourth-order valence-corrected chi connectivity index (χ4v) is 3.21. The monoisotopic (exact) mass is 469 g/mol. The molecule has 6 heteroatoms. The van der Waals surface area contributed by atoms with E-state index in [0.717, 1.165) is 33.3 Å². The maximum atomic E-state index is 11.5. The molecule has 0 radical (unpaired) electrons. The van der Waals surface area contributed by atoms with E-state index < -0.39 is 0 Å². The number of pyridine rings is 1. The van der Waals surface area contributed by atoms with Crippen LogP contribution in [0, 0.1) is 13.8 Å². The second kappa shape index (κ2) is 10.4. The third kappa shape index (κ3) is 6.16. The molecule has 2 rings (SSSR count). The SMILES string of the molecule is CCOC(=O)COc1c(C)cc(OCc2cncc(CCI)c2)cc1C. The van der Waals surface area contributed by atoms with Gasteiger partial charge in [-0.1, -0.05) is 22.6 Å². The van der Waals surface area contributed by atoms with E-state index >= 15 is 0 Å². The fourth-order valence-electron chi connectivity index (χ4n) is 2.59. The van der Waals surface area contributed by atoms with E-state index in [1.807, 2.05) is 38.4 Å². The minimum absolute atomic E-state index is 0.0923. The highest BCUT2D eigenvalue weighted by Gasteiger charge is 2.10. The summed E-state index contributed by atoms with van der Waals surface area (Å²) in [6.07, 6.45) is 4.73. The zero-order valence-electron chi connectivity index (χ0n) is 15.4. The van der Waals surface area contributed by atoms with Gasteiger partial charge in [0.15, 0.2) is 6.61 Å². The molecule has 0 spiro atoms. The van der Waals surface area contributed by atoms with Crippen LogP contribution in [-0.4, -0.2) is 28.6 Å². The molecule has 1 aromatic carbocycles. The highest BCUT2D eigenvalue weighted by atomic mass is 127. The van der Waals surface area contributed by atoms with E-state index in [1.54, 1.807) is 6.92 Å². The fraction of sp³-hybridized carbons (Fsp3) is 0.400. The highest BCUT2D eigenvalue weighted by Crippen LogP contribution is 2.29. The molecule has 26 heavy (non-hydrogen) atoms. The summed E-state index contributed by atoms with van der Waals surface area (Å²) < 4.78 is 17.5. The Kier molecular flexibility index (Phi) is 8.15. The lowest BCUT2D eigenvalue weighted by Gasteiger charge is -2.14. The smallest absolute Gasteiger partial charge is 0.344 e. The number of hydrogen-bond acceptors (Lipinski definition) is 5. The van der Waals surface area contributed by atoms with E-state index in [0.29, 0.717) is 19.0 Å². The van der Waals surface area contributed by atoms with Gasteiger partial charge in [0.1, 0.15) is 18.1 Å². The molecule has 0 aliphatic rings. The average molecular weight is 469 g/mol. The van der Waals surface area contributed by atoms with Gasteiger partial charge < -0.3 is 14.2 Å². The Bertz CT molecular complexity index is 725. The van der Waals surface area contributed by atoms with Gasteiger partial charge in [-0.2, -0.15) is 0 Å². The Morgan fingerprint density at radius 3 is 2.42 bits per heavy atom. The summed E-state index contributed by atoms with van der Waals surface area (Å²) in [4.78, 5) is 15.7. The Balaban J connectivity index is 2.00. The van der Waals surface area contributed by atoms with Crippen LogP contribution in [-0.2, 0) is 22.6 Å². The molecule has 0 atom stereocenters. The van der Waals surface area contributed by atoms with Crippen molar-refractivity contribution in [2.75, 3.05) is 17.6 Å². The predicted molar refractivity (Wildman–Crippen MR) is 109 cm³/mol. The van der Waals surface area contributed by atoms with Crippen LogP contribution >= 0.6 is 22.6 Å². The van der Waals surface area contributed by atoms with Crippen molar-refractivity contribution in [3.63, 3.8) is 0 Å². The van der Waals surface area contributed by atoms with Crippen LogP contribution in [0.25, 0.3) is 0 Å². The third-order valence-corrected chi connectivity index (χ3v) is 4.25. The average Bonchev–Trinajstić information content (AvgIpc) is 2.60. The molecule has 0 unspecified atom stereocenters. The molecule has 0 amide bonds. The molecule has 140 valence electrons. The molecule has 0 bridgehead atoms. The number of nitrogens with zero attached hydrogens (tertiary/aromatic N) is 1. The van der Waals surface area contributed by atoms with Crippen LogP contribution < -0.4 is 9.47 Å². The quantitative estimate of drug-likeness (QED) is 0.313. The molecule has 0 fully saturated rings. The Morgan fingerprint density at radius 2 is 1.77 bits per heavy atom. The van der Waals surface area contributed by atoms with Crippen LogP contribution in [0.2, 0.25) is 0 Å². The molecular weight excluding hydrogens is 445 g/mol. The second-order valence-electron chi connectivity index (χ2n) is 5.91. The van der Waals surface area contributed by atoms with Crippen LogP contribution in [0.5, 0.6) is 11.5 Å². The summed E-state index contributed by atoms with van der Waals surface area (Å²) in [7, 11) is 0. The zero-order valence-corrected chi connectivity index (χ0v) is 17.5. The molecule has 5 nitrogen and oxygen atoms in total. The number of carbonyl (C=O) groups is 1. The maximum absolute atomic E-state index is 11.5. The van der Waals surface area contributed by atoms with Crippen molar-refractivity contribution in [1.29, 1.82) is 0 Å². The Hall–Kier alpha value is -1.83. The molecule has 0 aliphatic carbocycles. The van der Waals surface area contributed by atoms with Gasteiger partial charge in [-0.25, -0.2) is 4.79 Å². The number of halogens is 1. The summed E-state index contributed by atoms with van der Waals surface area (Å²) in [5.74, 6) is 1.09. The normalized spacial score (nSPS) is 10.5. The van der Waals surface area contributed by atoms with Crippen LogP contribution in [0.3, 0.4) is 0 Å². The first kappa shape index (κ1) is 20.5. The molecule has 1 aromatic heterocycles. The van der Waals surface area contributed by atoms with Gasteiger partial charge in [0.05, 0.1) is 6.61 Å². The number of ether oxygens (including phenoxy) is 3. The molecule has 0 saturated heterocycles. The van der Waals surface area contributed by atoms with Crippen molar-refractivity contribution < 1.29 is 19.0 Å². The Morgan fingerprint density at radius 1 is 1.08 bits per heavy atom. The molecule has 2 aromatic rings. The third-order valence-electron chi connectivity index (χ3n) is 3.71. The van der Waals surface area contributed by atoms with Crippen molar-refractivity contribution in [1.82, 2.24) is 4.98 Å². The van der Waals surface area contributed by atoms with E-state index in [1.165, 1.54) is 5.56 Å². The molecule has 0 N–H and O–H groups in total. The van der Waals surface area contributed by atoms with Gasteiger partial charge in [0, 0.05) is 22.4 Å². The molecular formula is C20H24INO4. The first-order valence-electron chi connectivity index (χ1n) is 8.54. The number of esters is 1. The van der Waals surface area contributed by atoms with E-state index in [-0.39, 0.29) is 12.6 Å². The second-order valence-corrected chi connectivity index (χ2v) is 6.99. The highest BCUT2D eigenvalue weighted by molar-refractivity contribution is 14.1. The first-order chi connectivity index (χ1) is 12.5. The summed E-state index contributed by atoms with van der Waals surface area (Å²) in [5, 5.41) is 0. The maximum Gasteiger partial charge on any atom is 0.344 e. The standard InChI is InChI=1S/C20H24INO4/c1-4-24-19(23)13-26-20-14(2)7-18(8-15(20)3)25-12-17-9-16(5-6-21)10-22-11-17/h7-11H,4-6,12-13H2,1-3H3. The molecule has 1 heterocycles. The summed E-state index contributed by atoms with van der Waals surface area (Å²) in [6, 6.07) is 5.95. The number of alkyl halides is 1. The number of benzene rings is 1. The summed E-state index contributed by atoms with van der Waals surface area (Å²) in [5.41, 5.74) is 4.10. The van der Waals surface area contributed by atoms with E-state index in [4.69, 9.17) is 14.2 Å². The number of carbonyl (C=O) groups excluding carboxylic acids is 1. The van der Waals surface area contributed by atoms with Gasteiger partial charge in [0.25, 0.3) is 0 Å². The minimum Gasteiger partial charge on any atom is -0.489 e. The minimum atomic E-state index is -0.370. The van der Waals surface area contributed by atoms with Gasteiger partial charge in [-0.3, -0.25) is 4.98 Å². The van der Waals surface area contributed by atoms with Crippen LogP contribution in [0.4, 0.5) is 0 Å². The number of aromatic nitrogens is 1. The lowest BCUT2D eigenvalue weighted by molar-refractivity contribution is -0.145. The van der Waals surface area contributed by atoms with Gasteiger partial charge in [-0.15, -0.1) is 0 Å².